The van der Waals surface area contributed by atoms with Crippen molar-refractivity contribution in [2.75, 3.05) is 58.1 Å². The van der Waals surface area contributed by atoms with Gasteiger partial charge in [-0.1, -0.05) is 0 Å². The van der Waals surface area contributed by atoms with E-state index in [1.54, 1.807) is 12.1 Å². The highest BCUT2D eigenvalue weighted by atomic mass is 16.3. The van der Waals surface area contributed by atoms with Gasteiger partial charge in [0.15, 0.2) is 11.8 Å². The first-order valence-electron chi connectivity index (χ1n) is 17.6. The van der Waals surface area contributed by atoms with Crippen LogP contribution in [-0.2, 0) is 0 Å². The van der Waals surface area contributed by atoms with E-state index in [0.29, 0.717) is 35.1 Å². The van der Waals surface area contributed by atoms with E-state index >= 15 is 0 Å². The lowest BCUT2D eigenvalue weighted by Gasteiger charge is -2.33. The Balaban J connectivity index is 1.12. The summed E-state index contributed by atoms with van der Waals surface area (Å²) in [5.41, 5.74) is 21.2. The zero-order chi connectivity index (χ0) is 34.3. The highest BCUT2D eigenvalue weighted by molar-refractivity contribution is 6.24. The van der Waals surface area contributed by atoms with Crippen LogP contribution in [-0.4, -0.2) is 55.0 Å². The maximum atomic E-state index is 6.01. The molecule has 2 aromatic carbocycles. The van der Waals surface area contributed by atoms with E-state index < -0.39 is 0 Å². The Morgan fingerprint density at radius 2 is 1.22 bits per heavy atom. The number of nitrogens with zero attached hydrogens (tertiary/aromatic N) is 7. The molecule has 7 heterocycles. The molecular formula is C38H39N11O2. The first-order chi connectivity index (χ1) is 25.0. The van der Waals surface area contributed by atoms with E-state index in [9.17, 15) is 0 Å². The number of aliphatic imine (C=N–C) groups is 4. The molecule has 0 bridgehead atoms. The number of hydrogen-bond acceptors (Lipinski definition) is 13. The molecule has 13 nitrogen and oxygen atoms in total. The number of rotatable bonds is 8. The van der Waals surface area contributed by atoms with Crippen LogP contribution in [0.3, 0.4) is 0 Å². The van der Waals surface area contributed by atoms with E-state index in [2.05, 4.69) is 79.0 Å². The molecule has 5 aliphatic heterocycles. The van der Waals surface area contributed by atoms with Gasteiger partial charge in [-0.25, -0.2) is 24.9 Å². The summed E-state index contributed by atoms with van der Waals surface area (Å²) in [7, 11) is 0. The Morgan fingerprint density at radius 3 is 1.80 bits per heavy atom. The van der Waals surface area contributed by atoms with Crippen molar-refractivity contribution in [1.82, 2.24) is 4.90 Å². The molecule has 2 aromatic heterocycles. The largest absolute Gasteiger partial charge is 0.446 e. The number of nitrogens with one attached hydrogen (secondary N) is 2. The Bertz CT molecular complexity index is 2070. The van der Waals surface area contributed by atoms with Gasteiger partial charge in [-0.2, -0.15) is 0 Å². The minimum absolute atomic E-state index is 0.490. The number of nitrogen functional groups attached to an aromatic ring is 2. The topological polar surface area (TPSA) is 162 Å². The Kier molecular flexibility index (Phi) is 7.79. The maximum absolute atomic E-state index is 6.01. The fraction of sp³-hybridized carbons (Fsp3) is 0.263. The van der Waals surface area contributed by atoms with E-state index in [0.717, 1.165) is 77.2 Å². The Morgan fingerprint density at radius 1 is 0.627 bits per heavy atom. The van der Waals surface area contributed by atoms with E-state index in [4.69, 9.17) is 30.3 Å². The number of guanidine groups is 2. The van der Waals surface area contributed by atoms with Gasteiger partial charge in [0.2, 0.25) is 11.9 Å². The second-order valence-corrected chi connectivity index (χ2v) is 13.3. The van der Waals surface area contributed by atoms with Crippen molar-refractivity contribution in [3.8, 4) is 0 Å². The SMILES string of the molecule is Nc1coc(Nc2cc(N3CCCCC3)ccc2C2=CC3=CC(c4ccc(N5CCCCC5)cc4Nc4cc(N)co4)=NC4=NC=NC(=N2)N34)c1. The van der Waals surface area contributed by atoms with Gasteiger partial charge in [0.1, 0.15) is 18.9 Å². The average Bonchev–Trinajstić information content (AvgIpc) is 3.78. The van der Waals surface area contributed by atoms with Crippen LogP contribution < -0.4 is 31.9 Å². The minimum atomic E-state index is 0.490. The van der Waals surface area contributed by atoms with Gasteiger partial charge in [-0.15, -0.1) is 0 Å². The van der Waals surface area contributed by atoms with Gasteiger partial charge in [-0.05, 0) is 87.1 Å². The molecule has 0 spiro atoms. The monoisotopic (exact) mass is 681 g/mol. The summed E-state index contributed by atoms with van der Waals surface area (Å²) in [6, 6.07) is 16.4. The second kappa shape index (κ2) is 12.9. The summed E-state index contributed by atoms with van der Waals surface area (Å²) in [4.78, 5) is 25.9. The van der Waals surface area contributed by atoms with Gasteiger partial charge < -0.3 is 40.7 Å². The van der Waals surface area contributed by atoms with E-state index in [-0.39, 0.29) is 0 Å². The number of piperidine rings is 2. The van der Waals surface area contributed by atoms with Crippen LogP contribution in [0.2, 0.25) is 0 Å². The smallest absolute Gasteiger partial charge is 0.239 e. The summed E-state index contributed by atoms with van der Waals surface area (Å²) in [6.07, 6.45) is 15.9. The lowest BCUT2D eigenvalue weighted by molar-refractivity contribution is 0.577. The molecule has 258 valence electrons. The summed E-state index contributed by atoms with van der Waals surface area (Å²) >= 11 is 0. The third-order valence-corrected chi connectivity index (χ3v) is 9.77. The normalized spacial score (nSPS) is 18.4. The van der Waals surface area contributed by atoms with Gasteiger partial charge in [0, 0.05) is 60.8 Å². The molecule has 0 amide bonds. The summed E-state index contributed by atoms with van der Waals surface area (Å²) in [6.45, 7) is 4.12. The van der Waals surface area contributed by atoms with Crippen LogP contribution in [0.15, 0.2) is 108 Å². The predicted molar refractivity (Wildman–Crippen MR) is 206 cm³/mol. The van der Waals surface area contributed by atoms with Crippen molar-refractivity contribution in [3.05, 3.63) is 90.0 Å². The molecule has 51 heavy (non-hydrogen) atoms. The molecule has 9 rings (SSSR count). The highest BCUT2D eigenvalue weighted by Gasteiger charge is 2.32. The van der Waals surface area contributed by atoms with Crippen molar-refractivity contribution in [2.45, 2.75) is 38.5 Å². The van der Waals surface area contributed by atoms with Crippen molar-refractivity contribution >= 4 is 75.6 Å². The fourth-order valence-electron chi connectivity index (χ4n) is 7.25. The molecule has 0 saturated carbocycles. The number of nitrogens with two attached hydrogens (primary N) is 2. The Hall–Kier alpha value is -6.24. The number of benzene rings is 2. The van der Waals surface area contributed by atoms with Gasteiger partial charge >= 0.3 is 0 Å². The van der Waals surface area contributed by atoms with Crippen molar-refractivity contribution in [2.24, 2.45) is 20.0 Å². The summed E-state index contributed by atoms with van der Waals surface area (Å²) < 4.78 is 11.4. The number of hydrogen-bond donors (Lipinski definition) is 4. The molecule has 5 aliphatic rings. The molecule has 0 radical (unpaired) electrons. The first kappa shape index (κ1) is 30.8. The van der Waals surface area contributed by atoms with Gasteiger partial charge in [0.25, 0.3) is 0 Å². The van der Waals surface area contributed by atoms with Crippen LogP contribution in [0, 0.1) is 0 Å². The van der Waals surface area contributed by atoms with Crippen LogP contribution in [0.5, 0.6) is 0 Å². The highest BCUT2D eigenvalue weighted by Crippen LogP contribution is 2.38. The lowest BCUT2D eigenvalue weighted by atomic mass is 10.0. The summed E-state index contributed by atoms with van der Waals surface area (Å²) in [5.74, 6) is 2.09. The van der Waals surface area contributed by atoms with Crippen LogP contribution in [0.4, 0.5) is 45.9 Å². The summed E-state index contributed by atoms with van der Waals surface area (Å²) in [5, 5.41) is 6.93. The van der Waals surface area contributed by atoms with Gasteiger partial charge in [0.05, 0.1) is 39.9 Å². The molecule has 6 N–H and O–H groups in total. The molecule has 0 atom stereocenters. The molecule has 0 aliphatic carbocycles. The molecule has 0 unspecified atom stereocenters. The average molecular weight is 682 g/mol. The standard InChI is InChI=1S/C38H39N11O2/c39-24-15-35(50-21-24)43-31-17-26(47-11-3-1-4-12-47)7-9-29(31)33-19-28-20-34(46-38-42-23-41-37(45-33)49(28)38)30-10-8-27(48-13-5-2-6-14-48)18-32(30)44-36-16-25(40)22-51-36/h7-10,15-23,43-44H,1-6,11-14,39-40H2. The molecule has 4 aromatic rings. The fourth-order valence-corrected chi connectivity index (χ4v) is 7.25. The predicted octanol–water partition coefficient (Wildman–Crippen LogP) is 7.30. The Labute approximate surface area is 295 Å². The van der Waals surface area contributed by atoms with Crippen molar-refractivity contribution in [1.29, 1.82) is 0 Å². The van der Waals surface area contributed by atoms with E-state index in [1.165, 1.54) is 57.4 Å². The molecular weight excluding hydrogens is 642 g/mol. The van der Waals surface area contributed by atoms with Crippen LogP contribution in [0.25, 0.3) is 5.70 Å². The van der Waals surface area contributed by atoms with Crippen molar-refractivity contribution < 1.29 is 8.83 Å². The first-order valence-corrected chi connectivity index (χ1v) is 17.6. The van der Waals surface area contributed by atoms with Gasteiger partial charge in [-0.3, -0.25) is 0 Å². The van der Waals surface area contributed by atoms with Crippen molar-refractivity contribution in [3.63, 3.8) is 0 Å². The second-order valence-electron chi connectivity index (χ2n) is 13.3. The lowest BCUT2D eigenvalue weighted by Crippen LogP contribution is -2.40. The quantitative estimate of drug-likeness (QED) is 0.150. The van der Waals surface area contributed by atoms with E-state index in [1.807, 2.05) is 4.90 Å². The zero-order valence-corrected chi connectivity index (χ0v) is 28.2. The third kappa shape index (κ3) is 6.11. The molecule has 2 saturated heterocycles. The molecule has 13 heteroatoms. The number of allylic oxidation sites excluding steroid dienone is 2. The van der Waals surface area contributed by atoms with Crippen LogP contribution in [0.1, 0.15) is 49.7 Å². The zero-order valence-electron chi connectivity index (χ0n) is 28.2. The number of anilines is 8. The minimum Gasteiger partial charge on any atom is -0.446 e. The van der Waals surface area contributed by atoms with Crippen LogP contribution >= 0.6 is 0 Å². The number of furan rings is 2. The molecule has 2 fully saturated rings. The third-order valence-electron chi connectivity index (χ3n) is 9.77. The maximum Gasteiger partial charge on any atom is 0.239 e.